The minimum Gasteiger partial charge on any atom is -0.496 e. The maximum absolute atomic E-state index is 11.0. The fourth-order valence-corrected chi connectivity index (χ4v) is 1.86. The number of hydrogen-bond donors (Lipinski definition) is 0. The van der Waals surface area contributed by atoms with Gasteiger partial charge in [-0.05, 0) is 19.1 Å². The predicted molar refractivity (Wildman–Crippen MR) is 57.4 cm³/mol. The van der Waals surface area contributed by atoms with Crippen LogP contribution in [-0.2, 0) is 7.05 Å². The van der Waals surface area contributed by atoms with E-state index in [1.807, 2.05) is 20.0 Å². The Labute approximate surface area is 87.5 Å². The molecule has 0 fully saturated rings. The van der Waals surface area contributed by atoms with Crippen molar-refractivity contribution in [1.29, 1.82) is 0 Å². The summed E-state index contributed by atoms with van der Waals surface area (Å²) in [5.74, 6) is 0.591. The Morgan fingerprint density at radius 1 is 1.47 bits per heavy atom. The van der Waals surface area contributed by atoms with E-state index < -0.39 is 0 Å². The molecule has 1 aromatic carbocycles. The highest BCUT2D eigenvalue weighted by Gasteiger charge is 2.13. The van der Waals surface area contributed by atoms with Crippen molar-refractivity contribution in [3.05, 3.63) is 23.4 Å². The van der Waals surface area contributed by atoms with Crippen molar-refractivity contribution in [3.8, 4) is 5.75 Å². The van der Waals surface area contributed by atoms with Gasteiger partial charge in [-0.2, -0.15) is 5.10 Å². The number of carbonyl (C=O) groups is 1. The second-order valence-corrected chi connectivity index (χ2v) is 3.40. The van der Waals surface area contributed by atoms with Gasteiger partial charge in [0.2, 0.25) is 0 Å². The van der Waals surface area contributed by atoms with Crippen molar-refractivity contribution < 1.29 is 9.53 Å². The summed E-state index contributed by atoms with van der Waals surface area (Å²) in [6.07, 6.45) is 0.815. The lowest BCUT2D eigenvalue weighted by Crippen LogP contribution is -1.93. The Morgan fingerprint density at radius 3 is 2.80 bits per heavy atom. The van der Waals surface area contributed by atoms with E-state index in [1.54, 1.807) is 17.9 Å². The van der Waals surface area contributed by atoms with Crippen LogP contribution < -0.4 is 4.74 Å². The number of fused-ring (bicyclic) bond motifs is 1. The summed E-state index contributed by atoms with van der Waals surface area (Å²) in [6, 6.07) is 3.69. The predicted octanol–water partition coefficient (Wildman–Crippen LogP) is 1.70. The smallest absolute Gasteiger partial charge is 0.154 e. The van der Waals surface area contributed by atoms with Gasteiger partial charge in [0.05, 0.1) is 23.9 Å². The molecule has 4 heteroatoms. The Hall–Kier alpha value is -1.84. The number of aryl methyl sites for hydroxylation is 2. The maximum atomic E-state index is 11.0. The molecule has 0 amide bonds. The summed E-state index contributed by atoms with van der Waals surface area (Å²) < 4.78 is 6.90. The van der Waals surface area contributed by atoms with Gasteiger partial charge in [-0.15, -0.1) is 0 Å². The van der Waals surface area contributed by atoms with Crippen molar-refractivity contribution in [2.45, 2.75) is 6.92 Å². The molecule has 0 aliphatic rings. The van der Waals surface area contributed by atoms with Gasteiger partial charge < -0.3 is 4.74 Å². The van der Waals surface area contributed by atoms with E-state index in [4.69, 9.17) is 4.74 Å². The molecule has 15 heavy (non-hydrogen) atoms. The Balaban J connectivity index is 2.92. The Kier molecular flexibility index (Phi) is 2.19. The number of nitrogens with zero attached hydrogens (tertiary/aromatic N) is 2. The van der Waals surface area contributed by atoms with E-state index >= 15 is 0 Å². The van der Waals surface area contributed by atoms with Gasteiger partial charge in [0.1, 0.15) is 5.75 Å². The zero-order valence-corrected chi connectivity index (χ0v) is 8.94. The van der Waals surface area contributed by atoms with Crippen molar-refractivity contribution >= 4 is 17.2 Å². The van der Waals surface area contributed by atoms with Gasteiger partial charge in [-0.25, -0.2) is 0 Å². The summed E-state index contributed by atoms with van der Waals surface area (Å²) in [7, 11) is 3.41. The second kappa shape index (κ2) is 3.38. The van der Waals surface area contributed by atoms with Crippen LogP contribution in [0.4, 0.5) is 0 Å². The fourth-order valence-electron chi connectivity index (χ4n) is 1.86. The maximum Gasteiger partial charge on any atom is 0.154 e. The van der Waals surface area contributed by atoms with Crippen LogP contribution in [0.25, 0.3) is 10.9 Å². The molecule has 0 saturated carbocycles. The molecule has 0 radical (unpaired) electrons. The van der Waals surface area contributed by atoms with Crippen LogP contribution in [0.1, 0.15) is 16.1 Å². The van der Waals surface area contributed by atoms with Crippen molar-refractivity contribution in [2.24, 2.45) is 7.05 Å². The molecule has 0 aliphatic carbocycles. The third-order valence-corrected chi connectivity index (χ3v) is 2.53. The standard InChI is InChI=1S/C11H12N2O2/c1-7-11-8(6-14)10(15-3)5-4-9(11)13(2)12-7/h4-6H,1-3H3. The van der Waals surface area contributed by atoms with Crippen molar-refractivity contribution in [1.82, 2.24) is 9.78 Å². The van der Waals surface area contributed by atoms with Crippen LogP contribution in [0.5, 0.6) is 5.75 Å². The minimum atomic E-state index is 0.570. The number of ether oxygens (including phenoxy) is 1. The van der Waals surface area contributed by atoms with Crippen molar-refractivity contribution in [3.63, 3.8) is 0 Å². The first-order chi connectivity index (χ1) is 7.19. The van der Waals surface area contributed by atoms with Crippen LogP contribution in [0.2, 0.25) is 0 Å². The molecule has 0 aliphatic heterocycles. The molecule has 0 atom stereocenters. The lowest BCUT2D eigenvalue weighted by atomic mass is 10.1. The van der Waals surface area contributed by atoms with Crippen LogP contribution >= 0.6 is 0 Å². The Bertz CT molecular complexity index is 529. The normalized spacial score (nSPS) is 10.6. The number of benzene rings is 1. The van der Waals surface area contributed by atoms with Gasteiger partial charge >= 0.3 is 0 Å². The molecular formula is C11H12N2O2. The van der Waals surface area contributed by atoms with Crippen LogP contribution in [0, 0.1) is 6.92 Å². The lowest BCUT2D eigenvalue weighted by molar-refractivity contribution is 0.112. The van der Waals surface area contributed by atoms with E-state index in [1.165, 1.54) is 0 Å². The van der Waals surface area contributed by atoms with E-state index in [9.17, 15) is 4.79 Å². The van der Waals surface area contributed by atoms with E-state index in [-0.39, 0.29) is 0 Å². The average Bonchev–Trinajstić information content (AvgIpc) is 2.53. The number of methoxy groups -OCH3 is 1. The number of carbonyl (C=O) groups excluding carboxylic acids is 1. The first-order valence-corrected chi connectivity index (χ1v) is 4.64. The number of hydrogen-bond acceptors (Lipinski definition) is 3. The summed E-state index contributed by atoms with van der Waals surface area (Å²) in [5, 5.41) is 5.14. The third-order valence-electron chi connectivity index (χ3n) is 2.53. The first-order valence-electron chi connectivity index (χ1n) is 4.64. The van der Waals surface area contributed by atoms with Crippen LogP contribution in [-0.4, -0.2) is 23.2 Å². The number of aldehydes is 1. The molecule has 2 rings (SSSR count). The molecular weight excluding hydrogens is 192 g/mol. The molecule has 0 spiro atoms. The zero-order valence-electron chi connectivity index (χ0n) is 8.94. The molecule has 2 aromatic rings. The van der Waals surface area contributed by atoms with E-state index in [2.05, 4.69) is 5.10 Å². The van der Waals surface area contributed by atoms with Crippen LogP contribution in [0.15, 0.2) is 12.1 Å². The largest absolute Gasteiger partial charge is 0.496 e. The molecule has 0 bridgehead atoms. The molecule has 0 unspecified atom stereocenters. The highest BCUT2D eigenvalue weighted by molar-refractivity contribution is 6.01. The van der Waals surface area contributed by atoms with Gasteiger partial charge in [-0.3, -0.25) is 9.48 Å². The quantitative estimate of drug-likeness (QED) is 0.699. The number of rotatable bonds is 2. The zero-order chi connectivity index (χ0) is 11.0. The topological polar surface area (TPSA) is 44.1 Å². The minimum absolute atomic E-state index is 0.570. The molecule has 1 aromatic heterocycles. The van der Waals surface area contributed by atoms with E-state index in [0.29, 0.717) is 11.3 Å². The summed E-state index contributed by atoms with van der Waals surface area (Å²) in [6.45, 7) is 1.88. The van der Waals surface area contributed by atoms with Crippen LogP contribution in [0.3, 0.4) is 0 Å². The molecule has 4 nitrogen and oxygen atoms in total. The Morgan fingerprint density at radius 2 is 2.20 bits per heavy atom. The number of aromatic nitrogens is 2. The average molecular weight is 204 g/mol. The first kappa shape index (κ1) is 9.71. The third kappa shape index (κ3) is 1.29. The highest BCUT2D eigenvalue weighted by atomic mass is 16.5. The molecule has 0 saturated heterocycles. The van der Waals surface area contributed by atoms with Gasteiger partial charge in [0.25, 0.3) is 0 Å². The second-order valence-electron chi connectivity index (χ2n) is 3.40. The summed E-state index contributed by atoms with van der Waals surface area (Å²) >= 11 is 0. The summed E-state index contributed by atoms with van der Waals surface area (Å²) in [4.78, 5) is 11.0. The van der Waals surface area contributed by atoms with E-state index in [0.717, 1.165) is 22.9 Å². The highest BCUT2D eigenvalue weighted by Crippen LogP contribution is 2.28. The molecule has 1 heterocycles. The summed E-state index contributed by atoms with van der Waals surface area (Å²) in [5.41, 5.74) is 2.35. The fraction of sp³-hybridized carbons (Fsp3) is 0.273. The van der Waals surface area contributed by atoms with Gasteiger partial charge in [0, 0.05) is 12.4 Å². The molecule has 78 valence electrons. The van der Waals surface area contributed by atoms with Crippen molar-refractivity contribution in [2.75, 3.05) is 7.11 Å². The molecule has 0 N–H and O–H groups in total. The SMILES string of the molecule is COc1ccc2c(c(C)nn2C)c1C=O. The van der Waals surface area contributed by atoms with Gasteiger partial charge in [-0.1, -0.05) is 0 Å². The lowest BCUT2D eigenvalue weighted by Gasteiger charge is -2.04. The van der Waals surface area contributed by atoms with Gasteiger partial charge in [0.15, 0.2) is 6.29 Å². The monoisotopic (exact) mass is 204 g/mol.